The summed E-state index contributed by atoms with van der Waals surface area (Å²) in [7, 11) is 0. The molecule has 0 aliphatic carbocycles. The topological polar surface area (TPSA) is 58.9 Å². The lowest BCUT2D eigenvalue weighted by molar-refractivity contribution is -0.389. The SMILES string of the molecule is O=[N+]([O-])c1cc2c(F)cccc2[nH]1. The van der Waals surface area contributed by atoms with E-state index in [4.69, 9.17) is 0 Å². The highest BCUT2D eigenvalue weighted by molar-refractivity contribution is 5.82. The van der Waals surface area contributed by atoms with Gasteiger partial charge in [-0.1, -0.05) is 6.07 Å². The van der Waals surface area contributed by atoms with Crippen LogP contribution in [0.3, 0.4) is 0 Å². The number of hydrogen-bond acceptors (Lipinski definition) is 2. The largest absolute Gasteiger partial charge is 0.358 e. The molecule has 13 heavy (non-hydrogen) atoms. The van der Waals surface area contributed by atoms with E-state index in [1.807, 2.05) is 0 Å². The number of aromatic nitrogens is 1. The zero-order valence-corrected chi connectivity index (χ0v) is 6.45. The van der Waals surface area contributed by atoms with E-state index < -0.39 is 10.7 Å². The van der Waals surface area contributed by atoms with Crippen LogP contribution in [0, 0.1) is 15.9 Å². The van der Waals surface area contributed by atoms with E-state index in [2.05, 4.69) is 4.98 Å². The molecule has 1 N–H and O–H groups in total. The van der Waals surface area contributed by atoms with Crippen LogP contribution in [-0.4, -0.2) is 9.91 Å². The Morgan fingerprint density at radius 2 is 2.23 bits per heavy atom. The van der Waals surface area contributed by atoms with E-state index in [9.17, 15) is 14.5 Å². The van der Waals surface area contributed by atoms with E-state index in [0.29, 0.717) is 5.52 Å². The molecule has 0 aliphatic heterocycles. The number of hydrogen-bond donors (Lipinski definition) is 1. The molecule has 0 unspecified atom stereocenters. The van der Waals surface area contributed by atoms with Gasteiger partial charge in [0.15, 0.2) is 0 Å². The Hall–Kier alpha value is -1.91. The molecule has 0 spiro atoms. The predicted octanol–water partition coefficient (Wildman–Crippen LogP) is 2.22. The first kappa shape index (κ1) is 7.72. The van der Waals surface area contributed by atoms with Gasteiger partial charge in [0, 0.05) is 6.07 Å². The van der Waals surface area contributed by atoms with Crippen molar-refractivity contribution in [1.82, 2.24) is 4.98 Å². The van der Waals surface area contributed by atoms with Crippen LogP contribution in [-0.2, 0) is 0 Å². The third-order valence-electron chi connectivity index (χ3n) is 1.79. The van der Waals surface area contributed by atoms with Crippen molar-refractivity contribution < 1.29 is 9.31 Å². The van der Waals surface area contributed by atoms with Crippen molar-refractivity contribution in [2.24, 2.45) is 0 Å². The van der Waals surface area contributed by atoms with E-state index in [0.717, 1.165) is 0 Å². The fourth-order valence-electron chi connectivity index (χ4n) is 1.20. The van der Waals surface area contributed by atoms with E-state index in [1.54, 1.807) is 6.07 Å². The summed E-state index contributed by atoms with van der Waals surface area (Å²) in [6.45, 7) is 0. The van der Waals surface area contributed by atoms with Crippen LogP contribution in [0.2, 0.25) is 0 Å². The smallest absolute Gasteiger partial charge is 0.322 e. The van der Waals surface area contributed by atoms with Crippen molar-refractivity contribution in [1.29, 1.82) is 0 Å². The number of nitrogens with zero attached hydrogens (tertiary/aromatic N) is 1. The predicted molar refractivity (Wildman–Crippen MR) is 44.9 cm³/mol. The fourth-order valence-corrected chi connectivity index (χ4v) is 1.20. The highest BCUT2D eigenvalue weighted by atomic mass is 19.1. The number of nitrogens with one attached hydrogen (secondary N) is 1. The second-order valence-electron chi connectivity index (χ2n) is 2.61. The van der Waals surface area contributed by atoms with Gasteiger partial charge in [-0.15, -0.1) is 0 Å². The van der Waals surface area contributed by atoms with Crippen molar-refractivity contribution in [2.45, 2.75) is 0 Å². The van der Waals surface area contributed by atoms with Crippen LogP contribution >= 0.6 is 0 Å². The number of benzene rings is 1. The highest BCUT2D eigenvalue weighted by Crippen LogP contribution is 2.22. The third-order valence-corrected chi connectivity index (χ3v) is 1.79. The summed E-state index contributed by atoms with van der Waals surface area (Å²) < 4.78 is 13.0. The maximum atomic E-state index is 13.0. The van der Waals surface area contributed by atoms with Crippen LogP contribution in [0.25, 0.3) is 10.9 Å². The molecular weight excluding hydrogens is 175 g/mol. The van der Waals surface area contributed by atoms with Crippen LogP contribution in [0.4, 0.5) is 10.2 Å². The molecule has 0 radical (unpaired) electrons. The summed E-state index contributed by atoms with van der Waals surface area (Å²) >= 11 is 0. The second-order valence-corrected chi connectivity index (χ2v) is 2.61. The van der Waals surface area contributed by atoms with E-state index >= 15 is 0 Å². The van der Waals surface area contributed by atoms with Crippen LogP contribution < -0.4 is 0 Å². The number of H-pyrrole nitrogens is 1. The summed E-state index contributed by atoms with van der Waals surface area (Å²) in [6.07, 6.45) is 0. The zero-order valence-electron chi connectivity index (χ0n) is 6.45. The molecule has 1 aromatic carbocycles. The molecule has 2 rings (SSSR count). The first-order chi connectivity index (χ1) is 6.18. The first-order valence-corrected chi connectivity index (χ1v) is 3.60. The van der Waals surface area contributed by atoms with Gasteiger partial charge in [-0.3, -0.25) is 0 Å². The number of fused-ring (bicyclic) bond motifs is 1. The third kappa shape index (κ3) is 1.14. The lowest BCUT2D eigenvalue weighted by Crippen LogP contribution is -1.85. The Kier molecular flexibility index (Phi) is 1.51. The van der Waals surface area contributed by atoms with Crippen LogP contribution in [0.5, 0.6) is 0 Å². The average Bonchev–Trinajstić information content (AvgIpc) is 2.49. The Bertz CT molecular complexity index is 478. The number of nitro groups is 1. The summed E-state index contributed by atoms with van der Waals surface area (Å²) in [5, 5.41) is 10.6. The standard InChI is InChI=1S/C8H5FN2O2/c9-6-2-1-3-7-5(6)4-8(10-7)11(12)13/h1-4,10H. The molecule has 1 aromatic heterocycles. The number of rotatable bonds is 1. The molecule has 0 fully saturated rings. The molecule has 66 valence electrons. The Morgan fingerprint density at radius 1 is 1.46 bits per heavy atom. The van der Waals surface area contributed by atoms with Gasteiger partial charge in [0.2, 0.25) is 0 Å². The first-order valence-electron chi connectivity index (χ1n) is 3.60. The fraction of sp³-hybridized carbons (Fsp3) is 0. The van der Waals surface area contributed by atoms with Gasteiger partial charge in [0.25, 0.3) is 0 Å². The van der Waals surface area contributed by atoms with Gasteiger partial charge in [-0.2, -0.15) is 0 Å². The molecule has 0 amide bonds. The van der Waals surface area contributed by atoms with Crippen LogP contribution in [0.1, 0.15) is 0 Å². The number of aromatic amines is 1. The minimum atomic E-state index is -0.584. The average molecular weight is 180 g/mol. The summed E-state index contributed by atoms with van der Waals surface area (Å²) in [5.41, 5.74) is 0.437. The zero-order chi connectivity index (χ0) is 9.42. The van der Waals surface area contributed by atoms with Gasteiger partial charge >= 0.3 is 5.82 Å². The molecule has 2 aromatic rings. The van der Waals surface area contributed by atoms with Gasteiger partial charge in [-0.05, 0) is 17.1 Å². The summed E-state index contributed by atoms with van der Waals surface area (Å²) in [5.74, 6) is -0.651. The quantitative estimate of drug-likeness (QED) is 0.540. The normalized spacial score (nSPS) is 10.5. The van der Waals surface area contributed by atoms with Crippen molar-refractivity contribution >= 4 is 16.7 Å². The minimum Gasteiger partial charge on any atom is -0.358 e. The Morgan fingerprint density at radius 3 is 2.85 bits per heavy atom. The Balaban J connectivity index is 2.75. The van der Waals surface area contributed by atoms with E-state index in [-0.39, 0.29) is 11.2 Å². The highest BCUT2D eigenvalue weighted by Gasteiger charge is 2.11. The molecule has 5 heteroatoms. The summed E-state index contributed by atoms with van der Waals surface area (Å²) in [4.78, 5) is 12.2. The molecule has 0 aliphatic rings. The molecule has 1 heterocycles. The number of halogens is 1. The van der Waals surface area contributed by atoms with Crippen molar-refractivity contribution in [3.05, 3.63) is 40.2 Å². The Labute approximate surface area is 72.1 Å². The van der Waals surface area contributed by atoms with Crippen molar-refractivity contribution in [3.8, 4) is 0 Å². The molecule has 0 bridgehead atoms. The molecule has 0 saturated carbocycles. The van der Waals surface area contributed by atoms with Crippen LogP contribution in [0.15, 0.2) is 24.3 Å². The maximum Gasteiger partial charge on any atom is 0.322 e. The summed E-state index contributed by atoms with van der Waals surface area (Å²) in [6, 6.07) is 5.54. The molecular formula is C8H5FN2O2. The maximum absolute atomic E-state index is 13.0. The van der Waals surface area contributed by atoms with Gasteiger partial charge in [-0.25, -0.2) is 9.37 Å². The second kappa shape index (κ2) is 2.55. The van der Waals surface area contributed by atoms with Gasteiger partial charge < -0.3 is 10.1 Å². The minimum absolute atomic E-state index is 0.194. The van der Waals surface area contributed by atoms with Crippen molar-refractivity contribution in [2.75, 3.05) is 0 Å². The van der Waals surface area contributed by atoms with Gasteiger partial charge in [0.1, 0.15) is 11.3 Å². The van der Waals surface area contributed by atoms with Gasteiger partial charge in [0.05, 0.1) is 5.39 Å². The van der Waals surface area contributed by atoms with E-state index in [1.165, 1.54) is 18.2 Å². The molecule has 0 atom stereocenters. The monoisotopic (exact) mass is 180 g/mol. The molecule has 0 saturated heterocycles. The lowest BCUT2D eigenvalue weighted by atomic mass is 10.2. The lowest BCUT2D eigenvalue weighted by Gasteiger charge is -1.85. The molecule has 4 nitrogen and oxygen atoms in total. The van der Waals surface area contributed by atoms with Crippen molar-refractivity contribution in [3.63, 3.8) is 0 Å².